The number of benzene rings is 2. The first-order valence-corrected chi connectivity index (χ1v) is 8.32. The molecule has 1 saturated heterocycles. The molecule has 0 aromatic heterocycles. The molecule has 2 aliphatic heterocycles. The van der Waals surface area contributed by atoms with Gasteiger partial charge in [-0.1, -0.05) is 18.2 Å². The van der Waals surface area contributed by atoms with Crippen molar-refractivity contribution in [2.75, 3.05) is 45.0 Å². The Labute approximate surface area is 154 Å². The minimum atomic E-state index is 0. The molecule has 2 aromatic rings. The number of hydrogen-bond donors (Lipinski definition) is 0. The molecule has 6 heteroatoms. The number of piperazine rings is 1. The Morgan fingerprint density at radius 3 is 2.48 bits per heavy atom. The molecule has 2 aliphatic rings. The molecule has 1 fully saturated rings. The summed E-state index contributed by atoms with van der Waals surface area (Å²) >= 11 is 0. The number of rotatable bonds is 4. The van der Waals surface area contributed by atoms with Crippen LogP contribution in [0.3, 0.4) is 0 Å². The molecule has 25 heavy (non-hydrogen) atoms. The molecule has 2 aromatic carbocycles. The van der Waals surface area contributed by atoms with Crippen molar-refractivity contribution < 1.29 is 14.2 Å². The highest BCUT2D eigenvalue weighted by atomic mass is 35.5. The largest absolute Gasteiger partial charge is 0.493 e. The van der Waals surface area contributed by atoms with Gasteiger partial charge in [-0.05, 0) is 29.8 Å². The molecule has 0 N–H and O–H groups in total. The molecular weight excluding hydrogens is 340 g/mol. The standard InChI is InChI=1S/C19H22N2O3.ClH/c1-22-17-11-15(12-18-19(17)24-14-23-18)13-20-7-9-21(10-8-20)16-5-3-2-4-6-16;/h2-6,11-12H,7-10,13-14H2,1H3;1H. The smallest absolute Gasteiger partial charge is 0.231 e. The quantitative estimate of drug-likeness (QED) is 0.834. The second-order valence-corrected chi connectivity index (χ2v) is 6.13. The summed E-state index contributed by atoms with van der Waals surface area (Å²) in [5, 5.41) is 0. The van der Waals surface area contributed by atoms with Crippen LogP contribution in [0.5, 0.6) is 17.2 Å². The lowest BCUT2D eigenvalue weighted by atomic mass is 10.1. The monoisotopic (exact) mass is 362 g/mol. The van der Waals surface area contributed by atoms with E-state index in [-0.39, 0.29) is 19.2 Å². The fourth-order valence-corrected chi connectivity index (χ4v) is 3.34. The first-order chi connectivity index (χ1) is 11.8. The van der Waals surface area contributed by atoms with Gasteiger partial charge in [0.15, 0.2) is 11.5 Å². The van der Waals surface area contributed by atoms with Crippen molar-refractivity contribution in [1.82, 2.24) is 4.90 Å². The molecule has 0 radical (unpaired) electrons. The molecule has 0 bridgehead atoms. The lowest BCUT2D eigenvalue weighted by Gasteiger charge is -2.36. The zero-order chi connectivity index (χ0) is 16.4. The number of para-hydroxylation sites is 1. The zero-order valence-corrected chi connectivity index (χ0v) is 15.1. The van der Waals surface area contributed by atoms with Gasteiger partial charge in [0.2, 0.25) is 12.5 Å². The first kappa shape index (κ1) is 17.7. The van der Waals surface area contributed by atoms with Gasteiger partial charge in [-0.15, -0.1) is 12.4 Å². The number of anilines is 1. The summed E-state index contributed by atoms with van der Waals surface area (Å²) in [5.74, 6) is 2.25. The van der Waals surface area contributed by atoms with Crippen molar-refractivity contribution >= 4 is 18.1 Å². The van der Waals surface area contributed by atoms with Gasteiger partial charge in [0.25, 0.3) is 0 Å². The van der Waals surface area contributed by atoms with E-state index in [9.17, 15) is 0 Å². The van der Waals surface area contributed by atoms with Gasteiger partial charge in [0, 0.05) is 38.4 Å². The summed E-state index contributed by atoms with van der Waals surface area (Å²) in [6.45, 7) is 5.36. The van der Waals surface area contributed by atoms with Gasteiger partial charge >= 0.3 is 0 Å². The average Bonchev–Trinajstić information content (AvgIpc) is 3.11. The van der Waals surface area contributed by atoms with Crippen LogP contribution in [0.15, 0.2) is 42.5 Å². The van der Waals surface area contributed by atoms with E-state index in [2.05, 4.69) is 52.3 Å². The number of nitrogens with zero attached hydrogens (tertiary/aromatic N) is 2. The molecule has 5 nitrogen and oxygen atoms in total. The van der Waals surface area contributed by atoms with E-state index < -0.39 is 0 Å². The molecular formula is C19H23ClN2O3. The zero-order valence-electron chi connectivity index (χ0n) is 14.3. The van der Waals surface area contributed by atoms with Crippen LogP contribution in [0.2, 0.25) is 0 Å². The van der Waals surface area contributed by atoms with Crippen molar-refractivity contribution in [2.24, 2.45) is 0 Å². The Morgan fingerprint density at radius 2 is 1.76 bits per heavy atom. The van der Waals surface area contributed by atoms with Gasteiger partial charge in [0.1, 0.15) is 0 Å². The summed E-state index contributed by atoms with van der Waals surface area (Å²) in [7, 11) is 1.67. The summed E-state index contributed by atoms with van der Waals surface area (Å²) in [6, 6.07) is 14.7. The minimum absolute atomic E-state index is 0. The summed E-state index contributed by atoms with van der Waals surface area (Å²) in [5.41, 5.74) is 2.51. The first-order valence-electron chi connectivity index (χ1n) is 8.32. The third-order valence-corrected chi connectivity index (χ3v) is 4.62. The highest BCUT2D eigenvalue weighted by Gasteiger charge is 2.22. The van der Waals surface area contributed by atoms with E-state index in [1.807, 2.05) is 0 Å². The second-order valence-electron chi connectivity index (χ2n) is 6.13. The Balaban J connectivity index is 0.00000182. The summed E-state index contributed by atoms with van der Waals surface area (Å²) in [6.07, 6.45) is 0. The SMILES string of the molecule is COc1cc(CN2CCN(c3ccccc3)CC2)cc2c1OCO2.Cl. The Morgan fingerprint density at radius 1 is 1.00 bits per heavy atom. The van der Waals surface area contributed by atoms with E-state index in [1.54, 1.807) is 7.11 Å². The topological polar surface area (TPSA) is 34.2 Å². The average molecular weight is 363 g/mol. The lowest BCUT2D eigenvalue weighted by Crippen LogP contribution is -2.45. The minimum Gasteiger partial charge on any atom is -0.493 e. The van der Waals surface area contributed by atoms with Crippen LogP contribution in [0.25, 0.3) is 0 Å². The molecule has 0 unspecified atom stereocenters. The maximum atomic E-state index is 5.52. The summed E-state index contributed by atoms with van der Waals surface area (Å²) < 4.78 is 16.4. The maximum absolute atomic E-state index is 5.52. The molecule has 0 amide bonds. The Kier molecular flexibility index (Phi) is 5.56. The molecule has 0 spiro atoms. The number of halogens is 1. The van der Waals surface area contributed by atoms with Crippen LogP contribution < -0.4 is 19.1 Å². The van der Waals surface area contributed by atoms with E-state index in [1.165, 1.54) is 11.3 Å². The van der Waals surface area contributed by atoms with Gasteiger partial charge < -0.3 is 19.1 Å². The molecule has 4 rings (SSSR count). The Bertz CT molecular complexity index is 703. The van der Waals surface area contributed by atoms with Crippen molar-refractivity contribution in [3.8, 4) is 17.2 Å². The number of hydrogen-bond acceptors (Lipinski definition) is 5. The highest BCUT2D eigenvalue weighted by Crippen LogP contribution is 2.42. The van der Waals surface area contributed by atoms with E-state index in [0.29, 0.717) is 0 Å². The van der Waals surface area contributed by atoms with Gasteiger partial charge in [-0.25, -0.2) is 0 Å². The lowest BCUT2D eigenvalue weighted by molar-refractivity contribution is 0.171. The van der Waals surface area contributed by atoms with Crippen LogP contribution in [0, 0.1) is 0 Å². The third-order valence-electron chi connectivity index (χ3n) is 4.62. The van der Waals surface area contributed by atoms with Crippen LogP contribution in [0.4, 0.5) is 5.69 Å². The van der Waals surface area contributed by atoms with Crippen LogP contribution in [-0.2, 0) is 6.54 Å². The van der Waals surface area contributed by atoms with Crippen molar-refractivity contribution in [3.63, 3.8) is 0 Å². The third kappa shape index (κ3) is 3.78. The Hall–Kier alpha value is -2.11. The van der Waals surface area contributed by atoms with Crippen LogP contribution in [-0.4, -0.2) is 45.0 Å². The van der Waals surface area contributed by atoms with Gasteiger partial charge in [-0.2, -0.15) is 0 Å². The fourth-order valence-electron chi connectivity index (χ4n) is 3.34. The fraction of sp³-hybridized carbons (Fsp3) is 0.368. The van der Waals surface area contributed by atoms with Crippen molar-refractivity contribution in [2.45, 2.75) is 6.54 Å². The normalized spacial score (nSPS) is 16.4. The molecule has 0 saturated carbocycles. The van der Waals surface area contributed by atoms with E-state index >= 15 is 0 Å². The predicted octanol–water partition coefficient (Wildman–Crippen LogP) is 3.17. The maximum Gasteiger partial charge on any atom is 0.231 e. The van der Waals surface area contributed by atoms with Crippen LogP contribution in [0.1, 0.15) is 5.56 Å². The van der Waals surface area contributed by atoms with E-state index in [0.717, 1.165) is 50.0 Å². The van der Waals surface area contributed by atoms with Crippen molar-refractivity contribution in [3.05, 3.63) is 48.0 Å². The molecule has 0 atom stereocenters. The van der Waals surface area contributed by atoms with E-state index in [4.69, 9.17) is 14.2 Å². The number of ether oxygens (including phenoxy) is 3. The number of fused-ring (bicyclic) bond motifs is 1. The second kappa shape index (κ2) is 7.85. The predicted molar refractivity (Wildman–Crippen MR) is 100 cm³/mol. The van der Waals surface area contributed by atoms with Gasteiger partial charge in [0.05, 0.1) is 7.11 Å². The molecule has 0 aliphatic carbocycles. The number of methoxy groups -OCH3 is 1. The molecule has 2 heterocycles. The van der Waals surface area contributed by atoms with Crippen molar-refractivity contribution in [1.29, 1.82) is 0 Å². The molecule has 134 valence electrons. The highest BCUT2D eigenvalue weighted by molar-refractivity contribution is 5.85. The van der Waals surface area contributed by atoms with Gasteiger partial charge in [-0.3, -0.25) is 4.90 Å². The summed E-state index contributed by atoms with van der Waals surface area (Å²) in [4.78, 5) is 4.91. The van der Waals surface area contributed by atoms with Crippen LogP contribution >= 0.6 is 12.4 Å².